The van der Waals surface area contributed by atoms with Crippen LogP contribution in [0, 0.1) is 15.5 Å². The molecule has 0 aromatic rings. The second-order valence-corrected chi connectivity index (χ2v) is 4.32. The third-order valence-electron chi connectivity index (χ3n) is 2.86. The van der Waals surface area contributed by atoms with E-state index in [-0.39, 0.29) is 11.8 Å². The van der Waals surface area contributed by atoms with Crippen molar-refractivity contribution in [2.45, 2.75) is 20.0 Å². The molecular formula is C11H20N4O3. The summed E-state index contributed by atoms with van der Waals surface area (Å²) in [6.07, 6.45) is 1.00. The van der Waals surface area contributed by atoms with Gasteiger partial charge in [-0.15, -0.1) is 0 Å². The molecule has 0 saturated carbocycles. The van der Waals surface area contributed by atoms with Crippen molar-refractivity contribution in [2.24, 2.45) is 0 Å². The Bertz CT molecular complexity index is 343. The van der Waals surface area contributed by atoms with Crippen molar-refractivity contribution in [1.29, 1.82) is 5.41 Å². The fourth-order valence-corrected chi connectivity index (χ4v) is 1.88. The zero-order chi connectivity index (χ0) is 13.5. The Labute approximate surface area is 106 Å². The number of nitrogens with one attached hydrogen (secondary N) is 2. The standard InChI is InChI=1S/C11H20N4O3/c1-9-8-14(5-6-18-9)4-3-13-10(2)11(7-12)15(16)17/h7,9,12-13H,3-6,8H2,1-2H3/b11-10+,12-7?. The SMILES string of the molecule is C/C(NCCN1CCOC(C)C1)=C(/C=N)[N+](=O)[O-]. The smallest absolute Gasteiger partial charge is 0.305 e. The molecule has 7 heteroatoms. The Morgan fingerprint density at radius 1 is 1.72 bits per heavy atom. The molecule has 102 valence electrons. The number of hydrogen-bond acceptors (Lipinski definition) is 6. The van der Waals surface area contributed by atoms with Crippen LogP contribution in [0.25, 0.3) is 0 Å². The van der Waals surface area contributed by atoms with E-state index in [1.807, 2.05) is 6.92 Å². The second-order valence-electron chi connectivity index (χ2n) is 4.32. The molecule has 7 nitrogen and oxygen atoms in total. The molecule has 1 rings (SSSR count). The van der Waals surface area contributed by atoms with E-state index in [1.54, 1.807) is 6.92 Å². The normalized spacial score (nSPS) is 22.2. The van der Waals surface area contributed by atoms with Crippen molar-refractivity contribution in [3.8, 4) is 0 Å². The highest BCUT2D eigenvalue weighted by Crippen LogP contribution is 2.03. The van der Waals surface area contributed by atoms with Crippen LogP contribution in [0.2, 0.25) is 0 Å². The van der Waals surface area contributed by atoms with Crippen LogP contribution in [0.1, 0.15) is 13.8 Å². The van der Waals surface area contributed by atoms with Crippen molar-refractivity contribution in [1.82, 2.24) is 10.2 Å². The third kappa shape index (κ3) is 4.42. The number of morpholine rings is 1. The molecule has 0 bridgehead atoms. The summed E-state index contributed by atoms with van der Waals surface area (Å²) < 4.78 is 5.43. The van der Waals surface area contributed by atoms with E-state index in [4.69, 9.17) is 10.1 Å². The topological polar surface area (TPSA) is 91.5 Å². The number of ether oxygens (including phenoxy) is 1. The van der Waals surface area contributed by atoms with Crippen LogP contribution < -0.4 is 5.32 Å². The highest BCUT2D eigenvalue weighted by atomic mass is 16.6. The van der Waals surface area contributed by atoms with Crippen molar-refractivity contribution < 1.29 is 9.66 Å². The number of allylic oxidation sites excluding steroid dienone is 2. The quantitative estimate of drug-likeness (QED) is 0.409. The van der Waals surface area contributed by atoms with E-state index in [0.717, 1.165) is 32.5 Å². The lowest BCUT2D eigenvalue weighted by Crippen LogP contribution is -2.43. The predicted molar refractivity (Wildman–Crippen MR) is 68.3 cm³/mol. The molecule has 0 aliphatic carbocycles. The van der Waals surface area contributed by atoms with Gasteiger partial charge in [0.05, 0.1) is 29.5 Å². The van der Waals surface area contributed by atoms with Crippen LogP contribution in [0.5, 0.6) is 0 Å². The molecule has 2 N–H and O–H groups in total. The maximum Gasteiger partial charge on any atom is 0.305 e. The van der Waals surface area contributed by atoms with E-state index in [1.165, 1.54) is 0 Å². The number of rotatable bonds is 6. The lowest BCUT2D eigenvalue weighted by atomic mass is 10.3. The summed E-state index contributed by atoms with van der Waals surface area (Å²) in [4.78, 5) is 12.3. The Balaban J connectivity index is 2.36. The van der Waals surface area contributed by atoms with Gasteiger partial charge < -0.3 is 15.5 Å². The predicted octanol–water partition coefficient (Wildman–Crippen LogP) is 0.454. The summed E-state index contributed by atoms with van der Waals surface area (Å²) in [7, 11) is 0. The molecule has 0 radical (unpaired) electrons. The molecule has 1 unspecified atom stereocenters. The van der Waals surface area contributed by atoms with Crippen LogP contribution in [-0.4, -0.2) is 54.9 Å². The Morgan fingerprint density at radius 2 is 2.44 bits per heavy atom. The Morgan fingerprint density at radius 3 is 3.00 bits per heavy atom. The van der Waals surface area contributed by atoms with Crippen LogP contribution in [0.15, 0.2) is 11.4 Å². The second kappa shape index (κ2) is 7.07. The molecule has 0 aromatic carbocycles. The summed E-state index contributed by atoms with van der Waals surface area (Å²) in [5, 5.41) is 20.6. The van der Waals surface area contributed by atoms with Gasteiger partial charge in [-0.25, -0.2) is 0 Å². The van der Waals surface area contributed by atoms with Gasteiger partial charge >= 0.3 is 5.70 Å². The van der Waals surface area contributed by atoms with E-state index < -0.39 is 4.92 Å². The van der Waals surface area contributed by atoms with E-state index >= 15 is 0 Å². The number of nitro groups is 1. The number of hydrogen-bond donors (Lipinski definition) is 2. The zero-order valence-corrected chi connectivity index (χ0v) is 10.8. The Hall–Kier alpha value is -1.47. The summed E-state index contributed by atoms with van der Waals surface area (Å²) in [6.45, 7) is 7.60. The van der Waals surface area contributed by atoms with Gasteiger partial charge in [-0.3, -0.25) is 15.0 Å². The summed E-state index contributed by atoms with van der Waals surface area (Å²) in [5.41, 5.74) is 0.238. The first-order valence-electron chi connectivity index (χ1n) is 5.98. The van der Waals surface area contributed by atoms with Gasteiger partial charge in [0.25, 0.3) is 0 Å². The molecule has 1 saturated heterocycles. The van der Waals surface area contributed by atoms with Crippen LogP contribution in [0.3, 0.4) is 0 Å². The minimum atomic E-state index is -0.549. The largest absolute Gasteiger partial charge is 0.382 e. The first-order chi connectivity index (χ1) is 8.54. The lowest BCUT2D eigenvalue weighted by Gasteiger charge is -2.31. The minimum absolute atomic E-state index is 0.189. The van der Waals surface area contributed by atoms with Crippen molar-refractivity contribution in [3.63, 3.8) is 0 Å². The lowest BCUT2D eigenvalue weighted by molar-refractivity contribution is -0.415. The third-order valence-corrected chi connectivity index (χ3v) is 2.86. The van der Waals surface area contributed by atoms with Gasteiger partial charge in [0, 0.05) is 26.2 Å². The Kier molecular flexibility index (Phi) is 5.73. The fraction of sp³-hybridized carbons (Fsp3) is 0.727. The molecule has 0 spiro atoms. The van der Waals surface area contributed by atoms with Gasteiger partial charge in [0.1, 0.15) is 0 Å². The summed E-state index contributed by atoms with van der Waals surface area (Å²) >= 11 is 0. The highest BCUT2D eigenvalue weighted by Gasteiger charge is 2.16. The van der Waals surface area contributed by atoms with Crippen LogP contribution in [0.4, 0.5) is 0 Å². The maximum atomic E-state index is 10.6. The van der Waals surface area contributed by atoms with Gasteiger partial charge in [0.15, 0.2) is 0 Å². The molecule has 1 aliphatic heterocycles. The van der Waals surface area contributed by atoms with Gasteiger partial charge in [-0.2, -0.15) is 0 Å². The van der Waals surface area contributed by atoms with Gasteiger partial charge in [-0.1, -0.05) is 0 Å². The van der Waals surface area contributed by atoms with Crippen LogP contribution in [-0.2, 0) is 4.74 Å². The molecule has 0 aromatic heterocycles. The summed E-state index contributed by atoms with van der Waals surface area (Å²) in [5.74, 6) is 0. The van der Waals surface area contributed by atoms with Crippen LogP contribution >= 0.6 is 0 Å². The molecule has 1 heterocycles. The molecule has 1 fully saturated rings. The number of nitrogens with zero attached hydrogens (tertiary/aromatic N) is 2. The maximum absolute atomic E-state index is 10.6. The van der Waals surface area contributed by atoms with Crippen molar-refractivity contribution in [3.05, 3.63) is 21.5 Å². The van der Waals surface area contributed by atoms with Crippen molar-refractivity contribution in [2.75, 3.05) is 32.8 Å². The summed E-state index contributed by atoms with van der Waals surface area (Å²) in [6, 6.07) is 0. The van der Waals surface area contributed by atoms with E-state index in [9.17, 15) is 10.1 Å². The van der Waals surface area contributed by atoms with Gasteiger partial charge in [0.2, 0.25) is 0 Å². The monoisotopic (exact) mass is 256 g/mol. The molecule has 0 amide bonds. The fourth-order valence-electron chi connectivity index (χ4n) is 1.88. The van der Waals surface area contributed by atoms with E-state index in [2.05, 4.69) is 10.2 Å². The van der Waals surface area contributed by atoms with Gasteiger partial charge in [-0.05, 0) is 13.8 Å². The average molecular weight is 256 g/mol. The highest BCUT2D eigenvalue weighted by molar-refractivity contribution is 5.73. The molecule has 1 aliphatic rings. The molecule has 1 atom stereocenters. The zero-order valence-electron chi connectivity index (χ0n) is 10.8. The minimum Gasteiger partial charge on any atom is -0.382 e. The average Bonchev–Trinajstić information content (AvgIpc) is 2.29. The van der Waals surface area contributed by atoms with E-state index in [0.29, 0.717) is 12.2 Å². The molecular weight excluding hydrogens is 236 g/mol. The first kappa shape index (κ1) is 14.6. The first-order valence-corrected chi connectivity index (χ1v) is 5.98. The molecule has 18 heavy (non-hydrogen) atoms. The van der Waals surface area contributed by atoms with Crippen molar-refractivity contribution >= 4 is 6.21 Å².